The van der Waals surface area contributed by atoms with Gasteiger partial charge >= 0.3 is 0 Å². The molecule has 2 heterocycles. The van der Waals surface area contributed by atoms with Gasteiger partial charge in [-0.2, -0.15) is 0 Å². The van der Waals surface area contributed by atoms with Crippen LogP contribution < -0.4 is 0 Å². The molecule has 0 amide bonds. The molecule has 0 radical (unpaired) electrons. The second-order valence-electron chi connectivity index (χ2n) is 8.09. The van der Waals surface area contributed by atoms with Gasteiger partial charge in [-0.3, -0.25) is 4.57 Å². The maximum atomic E-state index is 6.34. The maximum Gasteiger partial charge on any atom is 0.163 e. The summed E-state index contributed by atoms with van der Waals surface area (Å²) in [5.74, 6) is 2.38. The number of aromatic nitrogens is 3. The molecule has 2 aliphatic carbocycles. The summed E-state index contributed by atoms with van der Waals surface area (Å²) >= 11 is 6.20. The summed E-state index contributed by atoms with van der Waals surface area (Å²) in [4.78, 5) is 0. The molecule has 1 aliphatic heterocycles. The molecule has 0 atom stereocenters. The summed E-state index contributed by atoms with van der Waals surface area (Å²) in [5, 5.41) is 9.75. The zero-order chi connectivity index (χ0) is 18.2. The molecule has 0 saturated heterocycles. The zero-order valence-electron chi connectivity index (χ0n) is 15.6. The van der Waals surface area contributed by atoms with E-state index >= 15 is 0 Å². The van der Waals surface area contributed by atoms with Crippen molar-refractivity contribution in [2.75, 3.05) is 0 Å². The van der Waals surface area contributed by atoms with E-state index in [0.29, 0.717) is 31.3 Å². The number of nitrogens with zero attached hydrogens (tertiary/aromatic N) is 3. The lowest BCUT2D eigenvalue weighted by Crippen LogP contribution is -2.26. The molecule has 144 valence electrons. The molecule has 27 heavy (non-hydrogen) atoms. The Kier molecular flexibility index (Phi) is 4.92. The molecule has 2 aromatic rings. The first-order chi connectivity index (χ1) is 13.3. The van der Waals surface area contributed by atoms with Gasteiger partial charge in [0, 0.05) is 16.5 Å². The second kappa shape index (κ2) is 7.53. The molecule has 0 spiro atoms. The number of rotatable bonds is 3. The van der Waals surface area contributed by atoms with Crippen LogP contribution in [0.5, 0.6) is 0 Å². The zero-order valence-corrected chi connectivity index (χ0v) is 16.3. The van der Waals surface area contributed by atoms with E-state index in [9.17, 15) is 0 Å². The highest BCUT2D eigenvalue weighted by Gasteiger charge is 2.31. The lowest BCUT2D eigenvalue weighted by atomic mass is 9.86. The van der Waals surface area contributed by atoms with Gasteiger partial charge in [-0.1, -0.05) is 24.4 Å². The van der Waals surface area contributed by atoms with Crippen LogP contribution in [-0.2, 0) is 22.7 Å². The third-order valence-corrected chi connectivity index (χ3v) is 6.49. The quantitative estimate of drug-likeness (QED) is 0.748. The smallest absolute Gasteiger partial charge is 0.163 e. The van der Waals surface area contributed by atoms with Crippen molar-refractivity contribution in [3.8, 4) is 5.69 Å². The Labute approximate surface area is 165 Å². The van der Waals surface area contributed by atoms with Gasteiger partial charge in [-0.25, -0.2) is 0 Å². The number of hydrogen-bond acceptors (Lipinski definition) is 4. The lowest BCUT2D eigenvalue weighted by molar-refractivity contribution is -0.0288. The minimum atomic E-state index is 0.422. The van der Waals surface area contributed by atoms with E-state index in [0.717, 1.165) is 53.6 Å². The summed E-state index contributed by atoms with van der Waals surface area (Å²) in [6, 6.07) is 5.99. The van der Waals surface area contributed by atoms with Crippen molar-refractivity contribution < 1.29 is 9.47 Å². The van der Waals surface area contributed by atoms with E-state index in [1.807, 2.05) is 12.1 Å². The van der Waals surface area contributed by atoms with Gasteiger partial charge in [0.15, 0.2) is 5.82 Å². The van der Waals surface area contributed by atoms with E-state index in [2.05, 4.69) is 20.8 Å². The highest BCUT2D eigenvalue weighted by atomic mass is 35.5. The molecule has 2 fully saturated rings. The van der Waals surface area contributed by atoms with E-state index < -0.39 is 0 Å². The summed E-state index contributed by atoms with van der Waals surface area (Å²) in [6.45, 7) is 1.04. The van der Waals surface area contributed by atoms with Crippen molar-refractivity contribution in [1.82, 2.24) is 14.8 Å². The van der Waals surface area contributed by atoms with Crippen molar-refractivity contribution in [3.63, 3.8) is 0 Å². The Bertz CT molecular complexity index is 808. The Hall–Kier alpha value is -1.43. The van der Waals surface area contributed by atoms with Crippen LogP contribution in [0.3, 0.4) is 0 Å². The van der Waals surface area contributed by atoms with Crippen molar-refractivity contribution in [1.29, 1.82) is 0 Å². The molecule has 0 unspecified atom stereocenters. The first kappa shape index (κ1) is 17.7. The average molecular weight is 388 g/mol. The van der Waals surface area contributed by atoms with Crippen LogP contribution in [0.1, 0.15) is 74.5 Å². The summed E-state index contributed by atoms with van der Waals surface area (Å²) < 4.78 is 14.3. The van der Waals surface area contributed by atoms with E-state index in [4.69, 9.17) is 21.1 Å². The molecule has 1 aromatic heterocycles. The normalized spacial score (nSPS) is 25.8. The van der Waals surface area contributed by atoms with Crippen LogP contribution >= 0.6 is 11.6 Å². The monoisotopic (exact) mass is 387 g/mol. The van der Waals surface area contributed by atoms with Crippen LogP contribution in [-0.4, -0.2) is 27.0 Å². The third-order valence-electron chi connectivity index (χ3n) is 6.25. The SMILES string of the molecule is Clc1ccc2c(c1)COCc1nnc([C@H]3CC[C@H](OC4CCCC4)CC3)n1-2. The van der Waals surface area contributed by atoms with Crippen LogP contribution in [0, 0.1) is 0 Å². The Balaban J connectivity index is 1.36. The topological polar surface area (TPSA) is 49.2 Å². The summed E-state index contributed by atoms with van der Waals surface area (Å²) in [5.41, 5.74) is 2.21. The van der Waals surface area contributed by atoms with Crippen LogP contribution in [0.4, 0.5) is 0 Å². The molecule has 1 aromatic carbocycles. The van der Waals surface area contributed by atoms with Gasteiger partial charge < -0.3 is 9.47 Å². The number of benzene rings is 1. The molecular formula is C21H26ClN3O2. The average Bonchev–Trinajstić information content (AvgIpc) is 3.30. The lowest BCUT2D eigenvalue weighted by Gasteiger charge is -2.30. The van der Waals surface area contributed by atoms with Gasteiger partial charge in [-0.15, -0.1) is 10.2 Å². The van der Waals surface area contributed by atoms with Crippen molar-refractivity contribution >= 4 is 11.6 Å². The standard InChI is InChI=1S/C21H26ClN3O2/c22-16-7-10-19-15(11-16)12-26-13-20-23-24-21(25(19)20)14-5-8-18(9-6-14)27-17-3-1-2-4-17/h7,10-11,14,17-18H,1-6,8-9,12-13H2/t14-,18-. The maximum absolute atomic E-state index is 6.34. The molecule has 0 N–H and O–H groups in total. The number of fused-ring (bicyclic) bond motifs is 3. The predicted octanol–water partition coefficient (Wildman–Crippen LogP) is 4.94. The largest absolute Gasteiger partial charge is 0.375 e. The molecule has 5 rings (SSSR count). The molecule has 0 bridgehead atoms. The van der Waals surface area contributed by atoms with E-state index in [1.165, 1.54) is 25.7 Å². The van der Waals surface area contributed by atoms with Crippen molar-refractivity contribution in [2.45, 2.75) is 82.7 Å². The highest BCUT2D eigenvalue weighted by Crippen LogP contribution is 2.37. The number of halogens is 1. The Morgan fingerprint density at radius 1 is 0.963 bits per heavy atom. The molecule has 3 aliphatic rings. The second-order valence-corrected chi connectivity index (χ2v) is 8.53. The van der Waals surface area contributed by atoms with Gasteiger partial charge in [0.1, 0.15) is 12.4 Å². The highest BCUT2D eigenvalue weighted by molar-refractivity contribution is 6.30. The summed E-state index contributed by atoms with van der Waals surface area (Å²) in [6.07, 6.45) is 10.5. The molecule has 6 heteroatoms. The first-order valence-corrected chi connectivity index (χ1v) is 10.6. The molecule has 5 nitrogen and oxygen atoms in total. The Morgan fingerprint density at radius 2 is 1.74 bits per heavy atom. The van der Waals surface area contributed by atoms with Crippen LogP contribution in [0.15, 0.2) is 18.2 Å². The minimum absolute atomic E-state index is 0.422. The number of ether oxygens (including phenoxy) is 2. The molecule has 2 saturated carbocycles. The van der Waals surface area contributed by atoms with Crippen LogP contribution in [0.2, 0.25) is 5.02 Å². The first-order valence-electron chi connectivity index (χ1n) is 10.2. The van der Waals surface area contributed by atoms with E-state index in [1.54, 1.807) is 0 Å². The van der Waals surface area contributed by atoms with E-state index in [-0.39, 0.29) is 0 Å². The van der Waals surface area contributed by atoms with Crippen molar-refractivity contribution in [3.05, 3.63) is 40.4 Å². The predicted molar refractivity (Wildman–Crippen MR) is 103 cm³/mol. The fourth-order valence-electron chi connectivity index (χ4n) is 4.84. The van der Waals surface area contributed by atoms with Crippen LogP contribution in [0.25, 0.3) is 5.69 Å². The van der Waals surface area contributed by atoms with Gasteiger partial charge in [0.2, 0.25) is 0 Å². The minimum Gasteiger partial charge on any atom is -0.375 e. The molecular weight excluding hydrogens is 362 g/mol. The van der Waals surface area contributed by atoms with Gasteiger partial charge in [0.25, 0.3) is 0 Å². The van der Waals surface area contributed by atoms with Gasteiger partial charge in [-0.05, 0) is 56.7 Å². The third kappa shape index (κ3) is 3.53. The van der Waals surface area contributed by atoms with Gasteiger partial charge in [0.05, 0.1) is 24.5 Å². The fraction of sp³-hybridized carbons (Fsp3) is 0.619. The Morgan fingerprint density at radius 3 is 2.56 bits per heavy atom. The number of hydrogen-bond donors (Lipinski definition) is 0. The van der Waals surface area contributed by atoms with Crippen molar-refractivity contribution in [2.24, 2.45) is 0 Å². The summed E-state index contributed by atoms with van der Waals surface area (Å²) in [7, 11) is 0. The fourth-order valence-corrected chi connectivity index (χ4v) is 5.04.